The van der Waals surface area contributed by atoms with Gasteiger partial charge in [0.15, 0.2) is 0 Å². The van der Waals surface area contributed by atoms with Crippen molar-refractivity contribution in [1.29, 1.82) is 0 Å². The molecular formula is C19H29N5. The van der Waals surface area contributed by atoms with Crippen LogP contribution in [0.15, 0.2) is 36.7 Å². The van der Waals surface area contributed by atoms with E-state index in [1.807, 2.05) is 0 Å². The highest BCUT2D eigenvalue weighted by atomic mass is 15.3. The minimum absolute atomic E-state index is 0.609. The Morgan fingerprint density at radius 3 is 2.54 bits per heavy atom. The second-order valence-corrected chi connectivity index (χ2v) is 6.86. The molecule has 1 aliphatic heterocycles. The average Bonchev–Trinajstić information content (AvgIpc) is 3.07. The maximum atomic E-state index is 4.48. The summed E-state index contributed by atoms with van der Waals surface area (Å²) in [7, 11) is 2.21. The number of likely N-dealkylation sites (N-methyl/N-ethyl adjacent to an activating group) is 1. The fourth-order valence-electron chi connectivity index (χ4n) is 3.33. The summed E-state index contributed by atoms with van der Waals surface area (Å²) >= 11 is 0. The molecule has 1 atom stereocenters. The van der Waals surface area contributed by atoms with Crippen molar-refractivity contribution in [2.45, 2.75) is 38.8 Å². The lowest BCUT2D eigenvalue weighted by Gasteiger charge is -2.36. The van der Waals surface area contributed by atoms with Gasteiger partial charge in [0.1, 0.15) is 12.2 Å². The van der Waals surface area contributed by atoms with Crippen molar-refractivity contribution in [2.24, 2.45) is 0 Å². The predicted molar refractivity (Wildman–Crippen MR) is 97.0 cm³/mol. The highest BCUT2D eigenvalue weighted by Gasteiger charge is 2.19. The van der Waals surface area contributed by atoms with Gasteiger partial charge < -0.3 is 4.90 Å². The van der Waals surface area contributed by atoms with Gasteiger partial charge in [-0.05, 0) is 32.4 Å². The van der Waals surface area contributed by atoms with E-state index in [4.69, 9.17) is 0 Å². The second-order valence-electron chi connectivity index (χ2n) is 6.86. The minimum Gasteiger partial charge on any atom is -0.304 e. The van der Waals surface area contributed by atoms with Crippen molar-refractivity contribution in [2.75, 3.05) is 33.2 Å². The molecular weight excluding hydrogens is 298 g/mol. The number of benzene rings is 1. The fourth-order valence-corrected chi connectivity index (χ4v) is 3.33. The summed E-state index contributed by atoms with van der Waals surface area (Å²) in [5, 5.41) is 4.42. The number of piperazine rings is 1. The van der Waals surface area contributed by atoms with Crippen LogP contribution in [-0.4, -0.2) is 63.8 Å². The highest BCUT2D eigenvalue weighted by molar-refractivity contribution is 5.14. The normalized spacial score (nSPS) is 17.9. The zero-order valence-electron chi connectivity index (χ0n) is 14.9. The number of hydrogen-bond acceptors (Lipinski definition) is 4. The topological polar surface area (TPSA) is 37.2 Å². The highest BCUT2D eigenvalue weighted by Crippen LogP contribution is 2.11. The zero-order chi connectivity index (χ0) is 16.8. The Balaban J connectivity index is 1.48. The summed E-state index contributed by atoms with van der Waals surface area (Å²) in [6.07, 6.45) is 4.85. The Kier molecular flexibility index (Phi) is 5.99. The van der Waals surface area contributed by atoms with Crippen LogP contribution in [0.5, 0.6) is 0 Å². The van der Waals surface area contributed by atoms with Crippen molar-refractivity contribution in [3.8, 4) is 0 Å². The fraction of sp³-hybridized carbons (Fsp3) is 0.579. The van der Waals surface area contributed by atoms with Gasteiger partial charge in [-0.15, -0.1) is 0 Å². The minimum atomic E-state index is 0.609. The van der Waals surface area contributed by atoms with E-state index in [2.05, 4.69) is 68.9 Å². The summed E-state index contributed by atoms with van der Waals surface area (Å²) in [6, 6.07) is 11.2. The molecule has 5 nitrogen and oxygen atoms in total. The van der Waals surface area contributed by atoms with Crippen LogP contribution in [0.1, 0.15) is 24.7 Å². The lowest BCUT2D eigenvalue weighted by molar-refractivity contribution is 0.114. The number of aromatic nitrogens is 3. The zero-order valence-corrected chi connectivity index (χ0v) is 14.9. The van der Waals surface area contributed by atoms with Crippen molar-refractivity contribution in [3.05, 3.63) is 48.0 Å². The van der Waals surface area contributed by atoms with Crippen molar-refractivity contribution >= 4 is 0 Å². The Hall–Kier alpha value is -1.72. The average molecular weight is 327 g/mol. The Labute approximate surface area is 145 Å². The number of hydrogen-bond donors (Lipinski definition) is 0. The molecule has 0 radical (unpaired) electrons. The first-order valence-electron chi connectivity index (χ1n) is 9.05. The van der Waals surface area contributed by atoms with Crippen LogP contribution in [0, 0.1) is 0 Å². The molecule has 5 heteroatoms. The number of nitrogens with zero attached hydrogens (tertiary/aromatic N) is 5. The maximum Gasteiger partial charge on any atom is 0.138 e. The first-order valence-corrected chi connectivity index (χ1v) is 9.05. The molecule has 1 unspecified atom stereocenters. The molecule has 24 heavy (non-hydrogen) atoms. The molecule has 2 heterocycles. The number of rotatable bonds is 7. The van der Waals surface area contributed by atoms with Gasteiger partial charge in [0.05, 0.1) is 0 Å². The van der Waals surface area contributed by atoms with Crippen LogP contribution < -0.4 is 0 Å². The molecule has 2 aromatic rings. The van der Waals surface area contributed by atoms with E-state index in [1.54, 1.807) is 6.33 Å². The molecule has 1 saturated heterocycles. The molecule has 1 aromatic carbocycles. The molecule has 130 valence electrons. The van der Waals surface area contributed by atoms with Crippen LogP contribution in [0.3, 0.4) is 0 Å². The van der Waals surface area contributed by atoms with Gasteiger partial charge in [-0.25, -0.2) is 9.67 Å². The van der Waals surface area contributed by atoms with Crippen molar-refractivity contribution in [3.63, 3.8) is 0 Å². The lowest BCUT2D eigenvalue weighted by atomic mass is 10.1. The molecule has 0 spiro atoms. The summed E-state index contributed by atoms with van der Waals surface area (Å²) < 4.78 is 2.07. The van der Waals surface area contributed by atoms with E-state index < -0.39 is 0 Å². The van der Waals surface area contributed by atoms with Crippen molar-refractivity contribution in [1.82, 2.24) is 24.6 Å². The van der Waals surface area contributed by atoms with Gasteiger partial charge in [0.2, 0.25) is 0 Å². The molecule has 0 bridgehead atoms. The first kappa shape index (κ1) is 17.1. The molecule has 0 N–H and O–H groups in total. The van der Waals surface area contributed by atoms with Crippen molar-refractivity contribution < 1.29 is 0 Å². The predicted octanol–water partition coefficient (Wildman–Crippen LogP) is 2.09. The van der Waals surface area contributed by atoms with Gasteiger partial charge in [0.25, 0.3) is 0 Å². The Morgan fingerprint density at radius 1 is 1.04 bits per heavy atom. The van der Waals surface area contributed by atoms with Gasteiger partial charge >= 0.3 is 0 Å². The molecule has 1 fully saturated rings. The maximum absolute atomic E-state index is 4.48. The van der Waals surface area contributed by atoms with E-state index in [-0.39, 0.29) is 0 Å². The van der Waals surface area contributed by atoms with E-state index in [0.717, 1.165) is 31.6 Å². The van der Waals surface area contributed by atoms with Crippen LogP contribution in [0.4, 0.5) is 0 Å². The Bertz CT molecular complexity index is 601. The standard InChI is InChI=1S/C19H29N5/c1-17(23-14-12-22(2)13-15-23)8-9-19-20-16-21-24(19)11-10-18-6-4-3-5-7-18/h3-7,16-17H,8-15H2,1-2H3. The van der Waals surface area contributed by atoms with Gasteiger partial charge in [-0.2, -0.15) is 5.10 Å². The molecule has 0 amide bonds. The van der Waals surface area contributed by atoms with E-state index in [9.17, 15) is 0 Å². The monoisotopic (exact) mass is 327 g/mol. The van der Waals surface area contributed by atoms with Crippen LogP contribution in [0.25, 0.3) is 0 Å². The smallest absolute Gasteiger partial charge is 0.138 e. The van der Waals surface area contributed by atoms with Gasteiger partial charge in [0, 0.05) is 45.2 Å². The third kappa shape index (κ3) is 4.65. The van der Waals surface area contributed by atoms with Gasteiger partial charge in [-0.1, -0.05) is 30.3 Å². The largest absolute Gasteiger partial charge is 0.304 e. The van der Waals surface area contributed by atoms with E-state index in [0.29, 0.717) is 6.04 Å². The van der Waals surface area contributed by atoms with Crippen LogP contribution in [0.2, 0.25) is 0 Å². The molecule has 0 aliphatic carbocycles. The molecule has 0 saturated carbocycles. The van der Waals surface area contributed by atoms with E-state index in [1.165, 1.54) is 31.7 Å². The quantitative estimate of drug-likeness (QED) is 0.780. The van der Waals surface area contributed by atoms with Gasteiger partial charge in [-0.3, -0.25) is 4.90 Å². The summed E-state index contributed by atoms with van der Waals surface area (Å²) in [5.41, 5.74) is 1.35. The summed E-state index contributed by atoms with van der Waals surface area (Å²) in [4.78, 5) is 9.49. The summed E-state index contributed by atoms with van der Waals surface area (Å²) in [6.45, 7) is 7.96. The van der Waals surface area contributed by atoms with Crippen LogP contribution >= 0.6 is 0 Å². The second kappa shape index (κ2) is 8.40. The molecule has 1 aliphatic rings. The van der Waals surface area contributed by atoms with Crippen LogP contribution in [-0.2, 0) is 19.4 Å². The first-order chi connectivity index (χ1) is 11.7. The lowest BCUT2D eigenvalue weighted by Crippen LogP contribution is -2.48. The number of aryl methyl sites for hydroxylation is 3. The molecule has 3 rings (SSSR count). The third-order valence-electron chi connectivity index (χ3n) is 5.10. The molecule has 1 aromatic heterocycles. The Morgan fingerprint density at radius 2 is 1.79 bits per heavy atom. The third-order valence-corrected chi connectivity index (χ3v) is 5.10. The van der Waals surface area contributed by atoms with E-state index >= 15 is 0 Å². The SMILES string of the molecule is CC(CCc1ncnn1CCc1ccccc1)N1CCN(C)CC1. The summed E-state index contributed by atoms with van der Waals surface area (Å²) in [5.74, 6) is 1.12.